The molecule has 2 rings (SSSR count). The first-order valence-electron chi connectivity index (χ1n) is 7.57. The summed E-state index contributed by atoms with van der Waals surface area (Å²) in [5.41, 5.74) is 1.76. The molecule has 0 aliphatic heterocycles. The van der Waals surface area contributed by atoms with E-state index < -0.39 is 0 Å². The van der Waals surface area contributed by atoms with E-state index in [1.54, 1.807) is 0 Å². The zero-order valence-corrected chi connectivity index (χ0v) is 14.9. The molecule has 0 amide bonds. The van der Waals surface area contributed by atoms with Gasteiger partial charge < -0.3 is 9.64 Å². The predicted octanol–water partition coefficient (Wildman–Crippen LogP) is 4.33. The molecule has 0 aromatic carbocycles. The molecule has 1 aromatic heterocycles. The van der Waals surface area contributed by atoms with Crippen LogP contribution in [0.25, 0.3) is 0 Å². The molecule has 21 heavy (non-hydrogen) atoms. The molecular weight excluding hydrogens is 330 g/mol. The van der Waals surface area contributed by atoms with Crippen LogP contribution in [-0.2, 0) is 0 Å². The largest absolute Gasteiger partial charge is 0.474 e. The van der Waals surface area contributed by atoms with Gasteiger partial charge in [0.1, 0.15) is 6.10 Å². The van der Waals surface area contributed by atoms with Crippen molar-refractivity contribution >= 4 is 28.0 Å². The lowest BCUT2D eigenvalue weighted by atomic mass is 10.1. The molecule has 0 radical (unpaired) electrons. The van der Waals surface area contributed by atoms with E-state index in [0.29, 0.717) is 12.0 Å². The molecule has 2 atom stereocenters. The van der Waals surface area contributed by atoms with Crippen molar-refractivity contribution < 1.29 is 4.74 Å². The smallest absolute Gasteiger partial charge is 0.228 e. The van der Waals surface area contributed by atoms with Crippen LogP contribution in [-0.4, -0.2) is 35.9 Å². The number of rotatable bonds is 5. The minimum atomic E-state index is 0.295. The quantitative estimate of drug-likeness (QED) is 0.583. The molecule has 0 bridgehead atoms. The van der Waals surface area contributed by atoms with Crippen LogP contribution in [0.1, 0.15) is 38.8 Å². The Balaban J connectivity index is 2.11. The van der Waals surface area contributed by atoms with Gasteiger partial charge in [0.25, 0.3) is 0 Å². The van der Waals surface area contributed by atoms with Gasteiger partial charge in [-0.1, -0.05) is 6.92 Å². The third-order valence-corrected chi connectivity index (χ3v) is 4.49. The Morgan fingerprint density at radius 1 is 1.52 bits per heavy atom. The zero-order chi connectivity index (χ0) is 15.4. The number of hydrogen-bond donors (Lipinski definition) is 0. The van der Waals surface area contributed by atoms with Crippen LogP contribution in [0.5, 0.6) is 5.88 Å². The maximum Gasteiger partial charge on any atom is 0.228 e. The van der Waals surface area contributed by atoms with E-state index in [1.165, 1.54) is 6.42 Å². The lowest BCUT2D eigenvalue weighted by Gasteiger charge is -2.15. The highest BCUT2D eigenvalue weighted by Gasteiger charge is 2.24. The lowest BCUT2D eigenvalue weighted by Crippen LogP contribution is -2.14. The minimum Gasteiger partial charge on any atom is -0.474 e. The van der Waals surface area contributed by atoms with Crippen molar-refractivity contribution in [3.8, 4) is 5.88 Å². The van der Waals surface area contributed by atoms with Gasteiger partial charge in [-0.15, -0.1) is 0 Å². The highest BCUT2D eigenvalue weighted by molar-refractivity contribution is 9.10. The minimum absolute atomic E-state index is 0.295. The number of aryl methyl sites for hydroxylation is 1. The second kappa shape index (κ2) is 7.25. The maximum absolute atomic E-state index is 6.04. The Bertz CT molecular complexity index is 518. The van der Waals surface area contributed by atoms with Crippen molar-refractivity contribution in [3.63, 3.8) is 0 Å². The van der Waals surface area contributed by atoms with E-state index >= 15 is 0 Å². The lowest BCUT2D eigenvalue weighted by molar-refractivity contribution is 0.195. The highest BCUT2D eigenvalue weighted by atomic mass is 79.9. The molecular formula is C16H24BrN3O. The average Bonchev–Trinajstić information content (AvgIpc) is 2.86. The van der Waals surface area contributed by atoms with Crippen molar-refractivity contribution in [2.24, 2.45) is 10.9 Å². The summed E-state index contributed by atoms with van der Waals surface area (Å²) in [6.45, 7) is 7.26. The Labute approximate surface area is 135 Å². The fourth-order valence-corrected chi connectivity index (χ4v) is 2.82. The molecule has 0 N–H and O–H groups in total. The Morgan fingerprint density at radius 3 is 2.90 bits per heavy atom. The molecule has 0 spiro atoms. The number of halogens is 1. The molecule has 1 aliphatic carbocycles. The number of aliphatic imine (C=N–C) groups is 1. The van der Waals surface area contributed by atoms with Gasteiger partial charge in [0.05, 0.1) is 22.2 Å². The monoisotopic (exact) mass is 353 g/mol. The van der Waals surface area contributed by atoms with E-state index in [0.717, 1.165) is 41.2 Å². The second-order valence-corrected chi connectivity index (χ2v) is 6.71. The van der Waals surface area contributed by atoms with Crippen LogP contribution in [0.15, 0.2) is 15.5 Å². The van der Waals surface area contributed by atoms with Crippen LogP contribution in [0.2, 0.25) is 0 Å². The summed E-state index contributed by atoms with van der Waals surface area (Å²) in [5.74, 6) is 1.44. The summed E-state index contributed by atoms with van der Waals surface area (Å²) < 4.78 is 6.91. The molecule has 4 nitrogen and oxygen atoms in total. The molecule has 0 unspecified atom stereocenters. The van der Waals surface area contributed by atoms with E-state index in [9.17, 15) is 0 Å². The Kier molecular flexibility index (Phi) is 5.62. The number of nitrogens with zero attached hydrogens (tertiary/aromatic N) is 3. The van der Waals surface area contributed by atoms with Gasteiger partial charge in [0, 0.05) is 13.6 Å². The highest BCUT2D eigenvalue weighted by Crippen LogP contribution is 2.34. The van der Waals surface area contributed by atoms with Crippen molar-refractivity contribution in [2.75, 3.05) is 13.6 Å². The van der Waals surface area contributed by atoms with Gasteiger partial charge in [-0.05, 0) is 61.0 Å². The van der Waals surface area contributed by atoms with Crippen molar-refractivity contribution in [1.29, 1.82) is 0 Å². The summed E-state index contributed by atoms with van der Waals surface area (Å²) in [6, 6.07) is 1.98. The fourth-order valence-electron chi connectivity index (χ4n) is 2.42. The van der Waals surface area contributed by atoms with Gasteiger partial charge in [-0.25, -0.2) is 9.98 Å². The summed E-state index contributed by atoms with van der Waals surface area (Å²) >= 11 is 3.55. The Hall–Kier alpha value is -1.10. The van der Waals surface area contributed by atoms with E-state index in [2.05, 4.69) is 39.8 Å². The van der Waals surface area contributed by atoms with Gasteiger partial charge in [0.15, 0.2) is 0 Å². The van der Waals surface area contributed by atoms with Crippen molar-refractivity contribution in [3.05, 3.63) is 16.2 Å². The van der Waals surface area contributed by atoms with Crippen molar-refractivity contribution in [2.45, 2.75) is 46.1 Å². The van der Waals surface area contributed by atoms with Gasteiger partial charge in [-0.2, -0.15) is 0 Å². The van der Waals surface area contributed by atoms with Crippen LogP contribution < -0.4 is 4.74 Å². The summed E-state index contributed by atoms with van der Waals surface area (Å²) in [5, 5.41) is 0. The number of aromatic nitrogens is 1. The normalized spacial score (nSPS) is 22.0. The van der Waals surface area contributed by atoms with Crippen LogP contribution in [0, 0.1) is 12.8 Å². The second-order valence-electron chi connectivity index (χ2n) is 5.86. The van der Waals surface area contributed by atoms with E-state index in [-0.39, 0.29) is 0 Å². The summed E-state index contributed by atoms with van der Waals surface area (Å²) in [4.78, 5) is 11.1. The van der Waals surface area contributed by atoms with Crippen LogP contribution in [0.4, 0.5) is 5.69 Å². The van der Waals surface area contributed by atoms with Gasteiger partial charge in [-0.3, -0.25) is 0 Å². The Morgan fingerprint density at radius 2 is 2.29 bits per heavy atom. The van der Waals surface area contributed by atoms with E-state index in [4.69, 9.17) is 4.74 Å². The number of ether oxygens (including phenoxy) is 1. The van der Waals surface area contributed by atoms with Crippen LogP contribution >= 0.6 is 15.9 Å². The SMILES string of the molecule is CCN(C)C=Nc1cc(Br)c(O[C@@H]2CC[C@H](C)C2)nc1C. The van der Waals surface area contributed by atoms with Gasteiger partial charge >= 0.3 is 0 Å². The molecule has 1 saturated carbocycles. The molecule has 0 saturated heterocycles. The first-order valence-corrected chi connectivity index (χ1v) is 8.37. The number of pyridine rings is 1. The first-order chi connectivity index (χ1) is 9.99. The molecule has 1 fully saturated rings. The predicted molar refractivity (Wildman–Crippen MR) is 90.6 cm³/mol. The summed E-state index contributed by atoms with van der Waals surface area (Å²) in [6.07, 6.45) is 5.61. The fraction of sp³-hybridized carbons (Fsp3) is 0.625. The van der Waals surface area contributed by atoms with Crippen molar-refractivity contribution in [1.82, 2.24) is 9.88 Å². The third-order valence-electron chi connectivity index (χ3n) is 3.93. The molecule has 1 aromatic rings. The summed E-state index contributed by atoms with van der Waals surface area (Å²) in [7, 11) is 2.00. The van der Waals surface area contributed by atoms with E-state index in [1.807, 2.05) is 31.3 Å². The maximum atomic E-state index is 6.04. The van der Waals surface area contributed by atoms with Gasteiger partial charge in [0.2, 0.25) is 5.88 Å². The molecule has 116 valence electrons. The molecule has 5 heteroatoms. The zero-order valence-electron chi connectivity index (χ0n) is 13.3. The number of hydrogen-bond acceptors (Lipinski definition) is 3. The average molecular weight is 354 g/mol. The topological polar surface area (TPSA) is 37.7 Å². The molecule has 1 heterocycles. The third kappa shape index (κ3) is 4.43. The first kappa shape index (κ1) is 16.3. The molecule has 1 aliphatic rings. The van der Waals surface area contributed by atoms with Crippen LogP contribution in [0.3, 0.4) is 0 Å². The standard InChI is InChI=1S/C16H24BrN3O/c1-5-20(4)10-18-15-9-14(17)16(19-12(15)3)21-13-7-6-11(2)8-13/h9-11,13H,5-8H2,1-4H3/t11-,13+/m0/s1.